The monoisotopic (exact) mass is 276 g/mol. The summed E-state index contributed by atoms with van der Waals surface area (Å²) in [6, 6.07) is -0.902. The normalized spacial score (nSPS) is 11.6. The number of hydrogen-bond donors (Lipinski definition) is 3. The summed E-state index contributed by atoms with van der Waals surface area (Å²) >= 11 is 0. The Morgan fingerprint density at radius 1 is 1.21 bits per heavy atom. The van der Waals surface area contributed by atoms with Crippen LogP contribution in [0.3, 0.4) is 0 Å². The Bertz CT molecular complexity index is 284. The van der Waals surface area contributed by atoms with Crippen molar-refractivity contribution in [1.82, 2.24) is 10.6 Å². The summed E-state index contributed by atoms with van der Waals surface area (Å²) in [6.07, 6.45) is 0.695. The second kappa shape index (κ2) is 11.4. The Morgan fingerprint density at radius 3 is 2.42 bits per heavy atom. The van der Waals surface area contributed by atoms with Crippen LogP contribution in [0.5, 0.6) is 0 Å². The van der Waals surface area contributed by atoms with Crippen molar-refractivity contribution >= 4 is 18.3 Å². The molecule has 110 valence electrons. The SMILES string of the molecule is C[C@H](NC(=O)CCOCCOCCNC=O)C(=O)O. The minimum Gasteiger partial charge on any atom is -0.480 e. The highest BCUT2D eigenvalue weighted by atomic mass is 16.5. The summed E-state index contributed by atoms with van der Waals surface area (Å²) in [5, 5.41) is 13.3. The molecule has 8 nitrogen and oxygen atoms in total. The van der Waals surface area contributed by atoms with Crippen molar-refractivity contribution in [3.05, 3.63) is 0 Å². The molecule has 0 fully saturated rings. The molecule has 3 N–H and O–H groups in total. The predicted octanol–water partition coefficient (Wildman–Crippen LogP) is -1.25. The van der Waals surface area contributed by atoms with Crippen LogP contribution in [-0.2, 0) is 23.9 Å². The topological polar surface area (TPSA) is 114 Å². The van der Waals surface area contributed by atoms with Crippen molar-refractivity contribution in [2.45, 2.75) is 19.4 Å². The fourth-order valence-corrected chi connectivity index (χ4v) is 1.05. The van der Waals surface area contributed by atoms with E-state index in [0.717, 1.165) is 0 Å². The molecule has 0 aliphatic rings. The largest absolute Gasteiger partial charge is 0.480 e. The molecule has 0 saturated carbocycles. The van der Waals surface area contributed by atoms with Gasteiger partial charge in [-0.2, -0.15) is 0 Å². The van der Waals surface area contributed by atoms with E-state index in [1.54, 1.807) is 0 Å². The number of carboxylic acid groups (broad SMARTS) is 1. The molecule has 1 atom stereocenters. The van der Waals surface area contributed by atoms with E-state index in [4.69, 9.17) is 14.6 Å². The van der Waals surface area contributed by atoms with Gasteiger partial charge in [0, 0.05) is 13.0 Å². The van der Waals surface area contributed by atoms with Crippen LogP contribution in [0.1, 0.15) is 13.3 Å². The highest BCUT2D eigenvalue weighted by Gasteiger charge is 2.13. The van der Waals surface area contributed by atoms with Gasteiger partial charge in [0.25, 0.3) is 0 Å². The molecular weight excluding hydrogens is 256 g/mol. The van der Waals surface area contributed by atoms with Crippen LogP contribution >= 0.6 is 0 Å². The molecule has 2 amide bonds. The van der Waals surface area contributed by atoms with Crippen molar-refractivity contribution in [3.63, 3.8) is 0 Å². The van der Waals surface area contributed by atoms with Crippen molar-refractivity contribution in [2.75, 3.05) is 33.0 Å². The number of ether oxygens (including phenoxy) is 2. The van der Waals surface area contributed by atoms with Gasteiger partial charge in [-0.05, 0) is 6.92 Å². The van der Waals surface area contributed by atoms with Gasteiger partial charge >= 0.3 is 5.97 Å². The second-order valence-electron chi connectivity index (χ2n) is 3.67. The highest BCUT2D eigenvalue weighted by molar-refractivity contribution is 5.83. The molecule has 0 aliphatic carbocycles. The van der Waals surface area contributed by atoms with E-state index < -0.39 is 12.0 Å². The van der Waals surface area contributed by atoms with Gasteiger partial charge in [0.05, 0.1) is 26.4 Å². The lowest BCUT2D eigenvalue weighted by atomic mass is 10.3. The van der Waals surface area contributed by atoms with Gasteiger partial charge in [0.15, 0.2) is 0 Å². The summed E-state index contributed by atoms with van der Waals surface area (Å²) in [5.74, 6) is -1.45. The summed E-state index contributed by atoms with van der Waals surface area (Å²) < 4.78 is 10.2. The third kappa shape index (κ3) is 11.2. The third-order valence-corrected chi connectivity index (χ3v) is 2.07. The maximum absolute atomic E-state index is 11.2. The number of amides is 2. The van der Waals surface area contributed by atoms with Crippen LogP contribution in [0.25, 0.3) is 0 Å². The fraction of sp³-hybridized carbons (Fsp3) is 0.727. The second-order valence-corrected chi connectivity index (χ2v) is 3.67. The molecule has 0 radical (unpaired) electrons. The van der Waals surface area contributed by atoms with Crippen molar-refractivity contribution < 1.29 is 29.0 Å². The number of nitrogens with one attached hydrogen (secondary N) is 2. The number of hydrogen-bond acceptors (Lipinski definition) is 5. The van der Waals surface area contributed by atoms with Crippen molar-refractivity contribution in [3.8, 4) is 0 Å². The van der Waals surface area contributed by atoms with Crippen LogP contribution in [-0.4, -0.2) is 62.4 Å². The van der Waals surface area contributed by atoms with E-state index in [9.17, 15) is 14.4 Å². The molecule has 0 rings (SSSR count). The molecule has 0 aromatic rings. The highest BCUT2D eigenvalue weighted by Crippen LogP contribution is 1.88. The quantitative estimate of drug-likeness (QED) is 0.303. The first-order valence-electron chi connectivity index (χ1n) is 5.92. The lowest BCUT2D eigenvalue weighted by molar-refractivity contribution is -0.141. The molecule has 0 saturated heterocycles. The molecular formula is C11H20N2O6. The molecule has 0 aromatic carbocycles. The number of rotatable bonds is 12. The van der Waals surface area contributed by atoms with Gasteiger partial charge < -0.3 is 25.2 Å². The van der Waals surface area contributed by atoms with E-state index in [0.29, 0.717) is 32.8 Å². The molecule has 0 heterocycles. The molecule has 0 spiro atoms. The Balaban J connectivity index is 3.32. The zero-order valence-electron chi connectivity index (χ0n) is 10.9. The molecule has 0 unspecified atom stereocenters. The maximum atomic E-state index is 11.2. The number of carboxylic acids is 1. The van der Waals surface area contributed by atoms with E-state index >= 15 is 0 Å². The molecule has 0 bridgehead atoms. The Hall–Kier alpha value is -1.67. The first kappa shape index (κ1) is 17.3. The van der Waals surface area contributed by atoms with E-state index in [1.165, 1.54) is 6.92 Å². The van der Waals surface area contributed by atoms with Gasteiger partial charge in [0.2, 0.25) is 12.3 Å². The number of carbonyl (C=O) groups excluding carboxylic acids is 2. The lowest BCUT2D eigenvalue weighted by Gasteiger charge is -2.09. The van der Waals surface area contributed by atoms with Crippen LogP contribution in [0.4, 0.5) is 0 Å². The van der Waals surface area contributed by atoms with Crippen LogP contribution < -0.4 is 10.6 Å². The Morgan fingerprint density at radius 2 is 1.84 bits per heavy atom. The van der Waals surface area contributed by atoms with Gasteiger partial charge in [0.1, 0.15) is 6.04 Å². The molecule has 0 aromatic heterocycles. The van der Waals surface area contributed by atoms with Crippen LogP contribution in [0.15, 0.2) is 0 Å². The molecule has 19 heavy (non-hydrogen) atoms. The van der Waals surface area contributed by atoms with Gasteiger partial charge in [-0.25, -0.2) is 0 Å². The predicted molar refractivity (Wildman–Crippen MR) is 65.6 cm³/mol. The van der Waals surface area contributed by atoms with E-state index in [-0.39, 0.29) is 18.9 Å². The summed E-state index contributed by atoms with van der Waals surface area (Å²) in [4.78, 5) is 31.6. The number of aliphatic carboxylic acids is 1. The maximum Gasteiger partial charge on any atom is 0.325 e. The summed E-state index contributed by atoms with van der Waals surface area (Å²) in [6.45, 7) is 3.14. The smallest absolute Gasteiger partial charge is 0.325 e. The first-order chi connectivity index (χ1) is 9.07. The minimum atomic E-state index is -1.08. The van der Waals surface area contributed by atoms with E-state index in [1.807, 2.05) is 0 Å². The standard InChI is InChI=1S/C11H20N2O6/c1-9(11(16)17)13-10(15)2-4-18-6-7-19-5-3-12-8-14/h8-9H,2-7H2,1H3,(H,12,14)(H,13,15)(H,16,17)/t9-/m0/s1. The van der Waals surface area contributed by atoms with Gasteiger partial charge in [-0.15, -0.1) is 0 Å². The van der Waals surface area contributed by atoms with Crippen molar-refractivity contribution in [1.29, 1.82) is 0 Å². The zero-order valence-corrected chi connectivity index (χ0v) is 10.9. The van der Waals surface area contributed by atoms with E-state index in [2.05, 4.69) is 10.6 Å². The fourth-order valence-electron chi connectivity index (χ4n) is 1.05. The summed E-state index contributed by atoms with van der Waals surface area (Å²) in [7, 11) is 0. The van der Waals surface area contributed by atoms with Crippen LogP contribution in [0.2, 0.25) is 0 Å². The zero-order chi connectivity index (χ0) is 14.5. The molecule has 0 aliphatic heterocycles. The Labute approximate surface area is 111 Å². The average molecular weight is 276 g/mol. The third-order valence-electron chi connectivity index (χ3n) is 2.07. The van der Waals surface area contributed by atoms with Gasteiger partial charge in [-0.1, -0.05) is 0 Å². The first-order valence-corrected chi connectivity index (χ1v) is 5.92. The van der Waals surface area contributed by atoms with Crippen LogP contribution in [0, 0.1) is 0 Å². The summed E-state index contributed by atoms with van der Waals surface area (Å²) in [5.41, 5.74) is 0. The Kier molecular flexibility index (Phi) is 10.4. The number of carbonyl (C=O) groups is 3. The minimum absolute atomic E-state index is 0.102. The average Bonchev–Trinajstić information content (AvgIpc) is 2.36. The molecule has 8 heteroatoms. The van der Waals surface area contributed by atoms with Crippen molar-refractivity contribution in [2.24, 2.45) is 0 Å². The van der Waals surface area contributed by atoms with Gasteiger partial charge in [-0.3, -0.25) is 14.4 Å². The lowest BCUT2D eigenvalue weighted by Crippen LogP contribution is -2.38.